The molecule has 10 fully saturated rings. The molecule has 9 aromatic rings. The third-order valence-corrected chi connectivity index (χ3v) is 35.6. The molecule has 38 heteroatoms. The number of carbonyl (C=O) groups excluding carboxylic acids is 8. The molecule has 6 saturated carbocycles. The number of methoxy groups -OCH3 is 3. The monoisotopic (exact) mass is 2150 g/mol. The zero-order valence-corrected chi connectivity index (χ0v) is 96.7. The molecule has 28 nitrogen and oxygen atoms in total. The molecule has 9 heterocycles. The number of aromatic nitrogens is 3. The van der Waals surface area contributed by atoms with Gasteiger partial charge in [-0.25, -0.2) is 22.2 Å². The number of piperidine rings is 2. The van der Waals surface area contributed by atoms with Crippen LogP contribution in [0.2, 0.25) is 0 Å². The van der Waals surface area contributed by atoms with Crippen LogP contribution in [0.25, 0.3) is 59.9 Å². The molecule has 4 unspecified atom stereocenters. The van der Waals surface area contributed by atoms with Crippen molar-refractivity contribution in [2.24, 2.45) is 17.3 Å². The second-order valence-electron chi connectivity index (χ2n) is 39.9. The van der Waals surface area contributed by atoms with Gasteiger partial charge in [0.15, 0.2) is 10.2 Å². The molecule has 0 spiro atoms. The predicted molar refractivity (Wildman–Crippen MR) is 519 cm³/mol. The Morgan fingerprint density at radius 2 is 0.950 bits per heavy atom. The van der Waals surface area contributed by atoms with E-state index in [0.717, 1.165) is 162 Å². The SMILES string of the molecule is CC1CC2CCC(C1)[NH2+]2.COc1ccc(Br)c([C@@H]2C[C-]2Cn2cc(C3CCCCC3)c3ccc(C(=O)[N-]S(=O)(=O)N(C)C)cc32)c1.COc1ccc2c(c1)[C@@H]1C[C-]1Cn1c-2c(C2CCCCC2)c2ccc(C(=O)NS(=O)(=O)N(C)C)cc21.COc1ccc2c(c1)[C@@H]1C[C@]1(C(=O)N1C3CCC1CC(C)C3)Cn1c-2c(C2CCCCC2)c2ccc(C(=O)NS(=O)(=O)N(C)C)cc21.O=C=O.O=C=O.[Cl-].[Cl-].[Cl-].[K+].[Na+].[Na+]. The van der Waals surface area contributed by atoms with Gasteiger partial charge in [0.2, 0.25) is 5.91 Å². The van der Waals surface area contributed by atoms with Crippen molar-refractivity contribution in [1.29, 1.82) is 0 Å². The first-order valence-electron chi connectivity index (χ1n) is 47.9. The van der Waals surface area contributed by atoms with Crippen LogP contribution in [0.5, 0.6) is 17.2 Å². The van der Waals surface area contributed by atoms with E-state index in [4.69, 9.17) is 33.4 Å². The number of fused-ring (bicyclic) bond motifs is 19. The maximum atomic E-state index is 15.0. The molecule has 6 aliphatic carbocycles. The van der Waals surface area contributed by atoms with Gasteiger partial charge in [-0.2, -0.15) is 69.3 Å². The molecule has 141 heavy (non-hydrogen) atoms. The van der Waals surface area contributed by atoms with E-state index in [-0.39, 0.29) is 183 Å². The molecule has 8 atom stereocenters. The average molecular weight is 2160 g/mol. The van der Waals surface area contributed by atoms with Crippen LogP contribution >= 0.6 is 15.9 Å². The van der Waals surface area contributed by atoms with Crippen LogP contribution in [0.4, 0.5) is 0 Å². The number of nitrogens with one attached hydrogen (secondary N) is 2. The van der Waals surface area contributed by atoms with Crippen molar-refractivity contribution < 1.29 is 231 Å². The van der Waals surface area contributed by atoms with Crippen molar-refractivity contribution in [3.8, 4) is 39.8 Å². The number of rotatable bonds is 19. The molecule has 4 saturated heterocycles. The minimum absolute atomic E-state index is 0. The summed E-state index contributed by atoms with van der Waals surface area (Å²) in [7, 11) is 1.58. The second kappa shape index (κ2) is 49.9. The van der Waals surface area contributed by atoms with Crippen LogP contribution in [0.15, 0.2) is 120 Å². The van der Waals surface area contributed by atoms with Gasteiger partial charge in [0.1, 0.15) is 17.2 Å². The fourth-order valence-corrected chi connectivity index (χ4v) is 25.9. The van der Waals surface area contributed by atoms with Crippen molar-refractivity contribution in [3.05, 3.63) is 186 Å². The van der Waals surface area contributed by atoms with Gasteiger partial charge in [-0.05, 0) is 213 Å². The Morgan fingerprint density at radius 1 is 0.511 bits per heavy atom. The van der Waals surface area contributed by atoms with E-state index in [0.29, 0.717) is 59.7 Å². The topological polar surface area (TPSA) is 349 Å². The van der Waals surface area contributed by atoms with Crippen LogP contribution in [-0.4, -0.2) is 180 Å². The second-order valence-corrected chi connectivity index (χ2v) is 46.4. The number of hydrogen-bond acceptors (Lipinski definition) is 17. The van der Waals surface area contributed by atoms with Crippen LogP contribution in [0, 0.1) is 29.1 Å². The number of nitrogens with zero attached hydrogens (tertiary/aromatic N) is 8. The number of quaternary nitrogens is 1. The fourth-order valence-electron chi connectivity index (χ4n) is 23.8. The molecular formula is C103H126BrCl3KN11Na2O17S3-2. The summed E-state index contributed by atoms with van der Waals surface area (Å²) in [5, 5.41) is 6.00. The van der Waals surface area contributed by atoms with E-state index in [1.165, 1.54) is 213 Å². The molecule has 3 aromatic heterocycles. The third-order valence-electron chi connectivity index (χ3n) is 30.7. The van der Waals surface area contributed by atoms with Gasteiger partial charge >= 0.3 is 143 Å². The summed E-state index contributed by atoms with van der Waals surface area (Å²) in [6, 6.07) is 38.2. The number of nitrogens with two attached hydrogens (primary N) is 1. The Labute approximate surface area is 943 Å². The van der Waals surface area contributed by atoms with Crippen LogP contribution in [0.3, 0.4) is 0 Å². The molecule has 6 aliphatic heterocycles. The number of amides is 4. The maximum Gasteiger partial charge on any atom is 1.00 e. The Morgan fingerprint density at radius 3 is 1.45 bits per heavy atom. The first-order chi connectivity index (χ1) is 64.6. The molecule has 0 radical (unpaired) electrons. The van der Waals surface area contributed by atoms with Gasteiger partial charge in [0.05, 0.1) is 56.1 Å². The van der Waals surface area contributed by atoms with Crippen molar-refractivity contribution in [2.75, 3.05) is 63.6 Å². The number of hydrogen-bond donors (Lipinski definition) is 3. The normalized spacial score (nSPS) is 22.8. The van der Waals surface area contributed by atoms with Crippen LogP contribution < -0.4 is 177 Å². The summed E-state index contributed by atoms with van der Waals surface area (Å²) >= 11 is 3.69. The summed E-state index contributed by atoms with van der Waals surface area (Å²) < 4.78 is 110. The maximum absolute atomic E-state index is 15.0. The number of benzene rings is 6. The van der Waals surface area contributed by atoms with Gasteiger partial charge in [0, 0.05) is 158 Å². The van der Waals surface area contributed by atoms with E-state index in [1.807, 2.05) is 54.6 Å². The Hall–Kier alpha value is -5.34. The number of carbonyl (C=O) groups is 4. The number of halogens is 4. The van der Waals surface area contributed by atoms with Crippen molar-refractivity contribution in [3.63, 3.8) is 0 Å². The third kappa shape index (κ3) is 25.4. The molecule has 4 amide bonds. The summed E-state index contributed by atoms with van der Waals surface area (Å²) in [4.78, 5) is 88.9. The van der Waals surface area contributed by atoms with E-state index in [1.54, 1.807) is 45.6 Å². The molecule has 12 aliphatic rings. The average Bonchev–Trinajstić information content (AvgIpc) is 1.51. The molecule has 746 valence electrons. The first-order valence-corrected chi connectivity index (χ1v) is 52.9. The van der Waals surface area contributed by atoms with E-state index in [2.05, 4.69) is 104 Å². The van der Waals surface area contributed by atoms with Crippen molar-refractivity contribution >= 4 is 115 Å². The van der Waals surface area contributed by atoms with Crippen molar-refractivity contribution in [2.45, 2.75) is 260 Å². The largest absolute Gasteiger partial charge is 1.00 e. The minimum atomic E-state index is -3.99. The molecule has 6 aromatic carbocycles. The van der Waals surface area contributed by atoms with Crippen molar-refractivity contribution in [1.82, 2.24) is 41.0 Å². The quantitative estimate of drug-likeness (QED) is 0.0650. The van der Waals surface area contributed by atoms with Crippen LogP contribution in [0.1, 0.15) is 281 Å². The molecule has 21 rings (SSSR count). The summed E-state index contributed by atoms with van der Waals surface area (Å²) in [5.41, 5.74) is 15.7. The van der Waals surface area contributed by atoms with Gasteiger partial charge in [-0.3, -0.25) is 26.2 Å². The minimum Gasteiger partial charge on any atom is -1.00 e. The van der Waals surface area contributed by atoms with Gasteiger partial charge in [0.25, 0.3) is 11.8 Å². The molecule has 4 bridgehead atoms. The standard InChI is InChI=1S/C37H46N4O5S.C28H33BrN3O4S.C28H32N3O4S.C8H15N.2CO2.3ClH.K.2Na/c1-22-16-25-11-12-26(17-22)41(25)36(43)37-20-31(37)30-19-27(46-4)13-15-28(30)34-33(23-8-6-5-7-9-23)29-14-10-24(18-32(29)40(34)21-37)35(42)38-47(44,45)39(2)3;1-31(2)37(34,35)30-28(33)19-9-11-22-25(18-7-5-4-6-8-18)17-32(27(22)14-19)16-20-13-23(20)24-15-21(36-3)10-12-26(24)29;1-30(2)36(33,34)29-28(32)18-9-11-22-25(14-18)31-16-19-13-23(19)24-15-20(35-3)10-12-21(24)27(31)26(22)17-7-5-4-6-8-17;1-6-4-7-2-3-8(5-6)9-7;2*2-1-3;;;;;;/h10,13-15,18-19,22-23,25-26,31H,5-9,11-12,16-17,20-21H2,1-4H3,(H,38,42);9-12,14-15,17-18,23H,4-8,13,16H2,1-3H3,(H,30,33);9-12,14-15,17,23H,4-8,13,16H2,1-3H3,(H,29,32);6-9H,2-5H2,1H3;;;3*1H;;;/q;2*-1;;;;;;;3*+1/p-3/t22?,25?,26?,31-,37-;2*23-;;;;;;;;;/m011........./s1. The number of ether oxygens (including phenoxy) is 3. The zero-order chi connectivity index (χ0) is 96.0. The Balaban J connectivity index is 0.000000200. The Bertz CT molecular complexity index is 6440. The van der Waals surface area contributed by atoms with Gasteiger partial charge in [-0.1, -0.05) is 136 Å². The predicted octanol–water partition coefficient (Wildman–Crippen LogP) is -0.936. The van der Waals surface area contributed by atoms with E-state index >= 15 is 0 Å². The van der Waals surface area contributed by atoms with Gasteiger partial charge in [-0.15, -0.1) is 0 Å². The zero-order valence-electron chi connectivity index (χ0n) is 83.2. The summed E-state index contributed by atoms with van der Waals surface area (Å²) in [6.45, 7) is 6.84. The van der Waals surface area contributed by atoms with E-state index < -0.39 is 53.8 Å². The van der Waals surface area contributed by atoms with Gasteiger partial charge < -0.3 is 84.9 Å². The summed E-state index contributed by atoms with van der Waals surface area (Å²) in [5.74, 6) is 7.57. The Kier molecular flexibility index (Phi) is 41.6. The molecule has 4 N–H and O–H groups in total. The smallest absolute Gasteiger partial charge is 1.00 e. The molecular weight excluding hydrogens is 2030 g/mol. The van der Waals surface area contributed by atoms with Crippen LogP contribution in [-0.2, 0) is 74.2 Å². The van der Waals surface area contributed by atoms with E-state index in [9.17, 15) is 44.4 Å². The first kappa shape index (κ1) is 118. The fraction of sp³-hybridized carbons (Fsp3) is 0.515. The summed E-state index contributed by atoms with van der Waals surface area (Å²) in [6.07, 6.45) is 33.9.